The second-order valence-corrected chi connectivity index (χ2v) is 5.46. The third-order valence-corrected chi connectivity index (χ3v) is 3.68. The molecule has 0 aliphatic carbocycles. The van der Waals surface area contributed by atoms with Gasteiger partial charge in [0.1, 0.15) is 18.0 Å². The van der Waals surface area contributed by atoms with Crippen LogP contribution in [0.15, 0.2) is 48.2 Å². The van der Waals surface area contributed by atoms with Gasteiger partial charge in [0.05, 0.1) is 0 Å². The summed E-state index contributed by atoms with van der Waals surface area (Å²) in [6.07, 6.45) is 4.90. The molecule has 26 heavy (non-hydrogen) atoms. The van der Waals surface area contributed by atoms with Gasteiger partial charge in [-0.3, -0.25) is 4.99 Å². The lowest BCUT2D eigenvalue weighted by Gasteiger charge is -2.12. The molecular formula is C18H26FIN6. The van der Waals surface area contributed by atoms with Gasteiger partial charge in [0.2, 0.25) is 0 Å². The molecule has 0 aliphatic rings. The van der Waals surface area contributed by atoms with E-state index in [-0.39, 0.29) is 29.8 Å². The van der Waals surface area contributed by atoms with Crippen molar-refractivity contribution in [3.05, 3.63) is 60.5 Å². The lowest BCUT2D eigenvalue weighted by Crippen LogP contribution is -2.39. The number of halogens is 2. The second-order valence-electron chi connectivity index (χ2n) is 5.46. The Kier molecular flexibility index (Phi) is 10.5. The Balaban J connectivity index is 0.00000338. The third kappa shape index (κ3) is 7.11. The van der Waals surface area contributed by atoms with Gasteiger partial charge in [0, 0.05) is 32.6 Å². The van der Waals surface area contributed by atoms with E-state index in [2.05, 4.69) is 39.3 Å². The second kappa shape index (κ2) is 12.4. The molecule has 0 radical (unpaired) electrons. The van der Waals surface area contributed by atoms with Crippen LogP contribution in [0, 0.1) is 5.82 Å². The number of hydrogen-bond donors (Lipinski definition) is 2. The summed E-state index contributed by atoms with van der Waals surface area (Å²) < 4.78 is 15.7. The number of aryl methyl sites for hydroxylation is 1. The van der Waals surface area contributed by atoms with Crippen LogP contribution in [-0.2, 0) is 19.4 Å². The predicted molar refractivity (Wildman–Crippen MR) is 113 cm³/mol. The summed E-state index contributed by atoms with van der Waals surface area (Å²) in [5.41, 5.74) is 0.673. The molecule has 0 unspecified atom stereocenters. The molecule has 142 valence electrons. The Morgan fingerprint density at radius 2 is 2.15 bits per heavy atom. The van der Waals surface area contributed by atoms with Crippen LogP contribution in [0.4, 0.5) is 4.39 Å². The molecule has 2 aromatic rings. The summed E-state index contributed by atoms with van der Waals surface area (Å²) in [6.45, 7) is 8.30. The van der Waals surface area contributed by atoms with Crippen molar-refractivity contribution in [2.75, 3.05) is 19.6 Å². The summed E-state index contributed by atoms with van der Waals surface area (Å²) in [6, 6.07) is 6.78. The van der Waals surface area contributed by atoms with Crippen LogP contribution in [0.3, 0.4) is 0 Å². The number of rotatable bonds is 9. The molecule has 0 saturated heterocycles. The quantitative estimate of drug-likeness (QED) is 0.255. The van der Waals surface area contributed by atoms with Crippen LogP contribution in [0.25, 0.3) is 0 Å². The number of benzene rings is 1. The molecule has 0 spiro atoms. The molecule has 1 heterocycles. The molecule has 8 heteroatoms. The molecule has 0 bridgehead atoms. The van der Waals surface area contributed by atoms with E-state index < -0.39 is 0 Å². The van der Waals surface area contributed by atoms with E-state index in [1.54, 1.807) is 24.5 Å². The number of guanidine groups is 1. The first-order chi connectivity index (χ1) is 12.2. The SMILES string of the molecule is C=CCNC(=NCCc1ccccc1F)NCCn1cnnc1CC.I. The van der Waals surface area contributed by atoms with Gasteiger partial charge < -0.3 is 15.2 Å². The van der Waals surface area contributed by atoms with Gasteiger partial charge in [0.15, 0.2) is 5.96 Å². The van der Waals surface area contributed by atoms with E-state index in [0.717, 1.165) is 18.8 Å². The first-order valence-electron chi connectivity index (χ1n) is 8.47. The Labute approximate surface area is 171 Å². The maximum atomic E-state index is 13.6. The van der Waals surface area contributed by atoms with E-state index in [9.17, 15) is 4.39 Å². The summed E-state index contributed by atoms with van der Waals surface area (Å²) in [7, 11) is 0. The largest absolute Gasteiger partial charge is 0.355 e. The number of aromatic nitrogens is 3. The van der Waals surface area contributed by atoms with Gasteiger partial charge in [-0.1, -0.05) is 31.2 Å². The van der Waals surface area contributed by atoms with Crippen LogP contribution in [0.1, 0.15) is 18.3 Å². The van der Waals surface area contributed by atoms with Crippen molar-refractivity contribution in [2.45, 2.75) is 26.3 Å². The Hall–Kier alpha value is -1.97. The lowest BCUT2D eigenvalue weighted by atomic mass is 10.1. The first kappa shape index (κ1) is 22.1. The van der Waals surface area contributed by atoms with E-state index in [1.807, 2.05) is 10.6 Å². The standard InChI is InChI=1S/C18H25FN6.HI/c1-3-10-20-18(21-11-9-15-7-5-6-8-16(15)19)22-12-13-25-14-23-24-17(25)4-2;/h3,5-8,14H,1,4,9-13H2,2H3,(H2,20,21,22);1H. The summed E-state index contributed by atoms with van der Waals surface area (Å²) in [5.74, 6) is 1.45. The van der Waals surface area contributed by atoms with Crippen molar-refractivity contribution >= 4 is 29.9 Å². The predicted octanol–water partition coefficient (Wildman–Crippen LogP) is 2.56. The molecule has 0 aliphatic heterocycles. The lowest BCUT2D eigenvalue weighted by molar-refractivity contribution is 0.609. The molecule has 2 rings (SSSR count). The van der Waals surface area contributed by atoms with Gasteiger partial charge in [-0.15, -0.1) is 40.8 Å². The molecule has 0 amide bonds. The fraction of sp³-hybridized carbons (Fsp3) is 0.389. The molecule has 0 fully saturated rings. The average molecular weight is 472 g/mol. The van der Waals surface area contributed by atoms with Crippen molar-refractivity contribution < 1.29 is 4.39 Å². The highest BCUT2D eigenvalue weighted by Crippen LogP contribution is 2.06. The zero-order valence-electron chi connectivity index (χ0n) is 15.0. The molecule has 0 saturated carbocycles. The molecular weight excluding hydrogens is 446 g/mol. The zero-order chi connectivity index (χ0) is 17.9. The number of hydrogen-bond acceptors (Lipinski definition) is 3. The van der Waals surface area contributed by atoms with Gasteiger partial charge in [0.25, 0.3) is 0 Å². The van der Waals surface area contributed by atoms with E-state index >= 15 is 0 Å². The minimum Gasteiger partial charge on any atom is -0.355 e. The highest BCUT2D eigenvalue weighted by Gasteiger charge is 2.03. The van der Waals surface area contributed by atoms with Gasteiger partial charge in [-0.05, 0) is 18.1 Å². The first-order valence-corrected chi connectivity index (χ1v) is 8.47. The van der Waals surface area contributed by atoms with Gasteiger partial charge in [-0.2, -0.15) is 0 Å². The Bertz CT molecular complexity index is 700. The molecule has 6 nitrogen and oxygen atoms in total. The van der Waals surface area contributed by atoms with E-state index in [4.69, 9.17) is 0 Å². The number of aliphatic imine (C=N–C) groups is 1. The fourth-order valence-corrected chi connectivity index (χ4v) is 2.37. The Morgan fingerprint density at radius 1 is 1.35 bits per heavy atom. The molecule has 1 aromatic heterocycles. The van der Waals surface area contributed by atoms with Gasteiger partial charge in [-0.25, -0.2) is 4.39 Å². The normalized spacial score (nSPS) is 10.9. The summed E-state index contributed by atoms with van der Waals surface area (Å²) in [4.78, 5) is 4.50. The van der Waals surface area contributed by atoms with Crippen molar-refractivity contribution in [1.29, 1.82) is 0 Å². The zero-order valence-corrected chi connectivity index (χ0v) is 17.3. The van der Waals surface area contributed by atoms with E-state index in [0.29, 0.717) is 37.6 Å². The third-order valence-electron chi connectivity index (χ3n) is 3.68. The monoisotopic (exact) mass is 472 g/mol. The van der Waals surface area contributed by atoms with Crippen LogP contribution >= 0.6 is 24.0 Å². The van der Waals surface area contributed by atoms with Gasteiger partial charge >= 0.3 is 0 Å². The van der Waals surface area contributed by atoms with Crippen LogP contribution in [-0.4, -0.2) is 40.4 Å². The number of nitrogens with zero attached hydrogens (tertiary/aromatic N) is 4. The highest BCUT2D eigenvalue weighted by atomic mass is 127. The number of nitrogens with one attached hydrogen (secondary N) is 2. The summed E-state index contributed by atoms with van der Waals surface area (Å²) >= 11 is 0. The van der Waals surface area contributed by atoms with E-state index in [1.165, 1.54) is 6.07 Å². The van der Waals surface area contributed by atoms with Crippen molar-refractivity contribution in [1.82, 2.24) is 25.4 Å². The highest BCUT2D eigenvalue weighted by molar-refractivity contribution is 14.0. The minimum atomic E-state index is -0.189. The molecule has 2 N–H and O–H groups in total. The topological polar surface area (TPSA) is 67.1 Å². The maximum absolute atomic E-state index is 13.6. The Morgan fingerprint density at radius 3 is 2.88 bits per heavy atom. The van der Waals surface area contributed by atoms with Crippen LogP contribution < -0.4 is 10.6 Å². The van der Waals surface area contributed by atoms with Crippen molar-refractivity contribution in [2.24, 2.45) is 4.99 Å². The van der Waals surface area contributed by atoms with Crippen molar-refractivity contribution in [3.8, 4) is 0 Å². The summed E-state index contributed by atoms with van der Waals surface area (Å²) in [5, 5.41) is 14.4. The fourth-order valence-electron chi connectivity index (χ4n) is 2.37. The van der Waals surface area contributed by atoms with Crippen LogP contribution in [0.5, 0.6) is 0 Å². The minimum absolute atomic E-state index is 0. The average Bonchev–Trinajstić information content (AvgIpc) is 3.08. The van der Waals surface area contributed by atoms with Crippen LogP contribution in [0.2, 0.25) is 0 Å². The van der Waals surface area contributed by atoms with Crippen molar-refractivity contribution in [3.63, 3.8) is 0 Å². The maximum Gasteiger partial charge on any atom is 0.191 e. The molecule has 1 aromatic carbocycles. The molecule has 0 atom stereocenters. The smallest absolute Gasteiger partial charge is 0.191 e.